The van der Waals surface area contributed by atoms with Crippen molar-refractivity contribution in [1.29, 1.82) is 0 Å². The smallest absolute Gasteiger partial charge is 0.316 e. The number of rotatable bonds is 3. The first-order valence-electron chi connectivity index (χ1n) is 8.46. The van der Waals surface area contributed by atoms with Gasteiger partial charge in [0.15, 0.2) is 0 Å². The molecule has 7 nitrogen and oxygen atoms in total. The zero-order chi connectivity index (χ0) is 18.0. The average Bonchev–Trinajstić information content (AvgIpc) is 3.18. The summed E-state index contributed by atoms with van der Waals surface area (Å²) in [5.41, 5.74) is 7.87. The van der Waals surface area contributed by atoms with Crippen molar-refractivity contribution < 1.29 is 9.59 Å². The molecule has 0 atom stereocenters. The number of nitrogens with one attached hydrogen (secondary N) is 1. The molecular formula is C18H23N5O2. The Bertz CT molecular complexity index is 793. The minimum Gasteiger partial charge on any atom is -0.399 e. The number of carbonyl (C=O) groups is 2. The van der Waals surface area contributed by atoms with Crippen LogP contribution in [0.3, 0.4) is 0 Å². The highest BCUT2D eigenvalue weighted by Gasteiger charge is 2.32. The summed E-state index contributed by atoms with van der Waals surface area (Å²) in [6.45, 7) is 1.83. The number of anilines is 3. The van der Waals surface area contributed by atoms with Gasteiger partial charge in [-0.2, -0.15) is 5.10 Å². The van der Waals surface area contributed by atoms with Crippen molar-refractivity contribution in [2.45, 2.75) is 38.6 Å². The zero-order valence-electron chi connectivity index (χ0n) is 14.5. The number of amides is 2. The molecule has 1 aliphatic rings. The Morgan fingerprint density at radius 1 is 1.28 bits per heavy atom. The van der Waals surface area contributed by atoms with Crippen LogP contribution in [-0.2, 0) is 16.6 Å². The van der Waals surface area contributed by atoms with E-state index in [1.165, 1.54) is 0 Å². The third-order valence-electron chi connectivity index (χ3n) is 4.49. The van der Waals surface area contributed by atoms with Crippen LogP contribution >= 0.6 is 0 Å². The Morgan fingerprint density at radius 3 is 2.60 bits per heavy atom. The normalized spacial score (nSPS) is 14.5. The maximum Gasteiger partial charge on any atom is 0.316 e. The van der Waals surface area contributed by atoms with Crippen molar-refractivity contribution in [1.82, 2.24) is 9.78 Å². The lowest BCUT2D eigenvalue weighted by atomic mass is 10.1. The fraction of sp³-hybridized carbons (Fsp3) is 0.389. The van der Waals surface area contributed by atoms with Gasteiger partial charge in [0.2, 0.25) is 0 Å². The minimum atomic E-state index is -0.669. The van der Waals surface area contributed by atoms with Crippen molar-refractivity contribution in [2.24, 2.45) is 7.05 Å². The molecular weight excluding hydrogens is 318 g/mol. The third kappa shape index (κ3) is 3.65. The summed E-state index contributed by atoms with van der Waals surface area (Å²) >= 11 is 0. The molecule has 0 unspecified atom stereocenters. The highest BCUT2D eigenvalue weighted by atomic mass is 16.2. The van der Waals surface area contributed by atoms with Gasteiger partial charge >= 0.3 is 11.8 Å². The second kappa shape index (κ2) is 6.96. The predicted octanol–water partition coefficient (Wildman–Crippen LogP) is 2.23. The maximum absolute atomic E-state index is 12.9. The molecule has 1 aliphatic carbocycles. The monoisotopic (exact) mass is 341 g/mol. The van der Waals surface area contributed by atoms with Crippen LogP contribution in [0.25, 0.3) is 0 Å². The Balaban J connectivity index is 1.85. The molecule has 0 aliphatic heterocycles. The number of nitrogens with two attached hydrogens (primary N) is 1. The molecule has 1 fully saturated rings. The number of aromatic nitrogens is 2. The van der Waals surface area contributed by atoms with Gasteiger partial charge in [-0.3, -0.25) is 14.3 Å². The molecule has 2 aromatic rings. The summed E-state index contributed by atoms with van der Waals surface area (Å²) in [5.74, 6) is -0.747. The van der Waals surface area contributed by atoms with Crippen LogP contribution < -0.4 is 16.0 Å². The highest BCUT2D eigenvalue weighted by molar-refractivity contribution is 6.44. The first-order valence-corrected chi connectivity index (χ1v) is 8.46. The fourth-order valence-electron chi connectivity index (χ4n) is 3.34. The summed E-state index contributed by atoms with van der Waals surface area (Å²) in [6, 6.07) is 8.85. The predicted molar refractivity (Wildman–Crippen MR) is 97.2 cm³/mol. The van der Waals surface area contributed by atoms with Gasteiger partial charge in [0.25, 0.3) is 0 Å². The van der Waals surface area contributed by atoms with Gasteiger partial charge in [-0.1, -0.05) is 18.9 Å². The van der Waals surface area contributed by atoms with Crippen LogP contribution in [0.15, 0.2) is 30.3 Å². The van der Waals surface area contributed by atoms with Gasteiger partial charge in [-0.25, -0.2) is 0 Å². The van der Waals surface area contributed by atoms with Crippen LogP contribution in [0.1, 0.15) is 31.4 Å². The Morgan fingerprint density at radius 2 is 2.00 bits per heavy atom. The topological polar surface area (TPSA) is 93.3 Å². The van der Waals surface area contributed by atoms with Gasteiger partial charge in [-0.15, -0.1) is 0 Å². The second-order valence-corrected chi connectivity index (χ2v) is 6.46. The number of hydrogen-bond acceptors (Lipinski definition) is 4. The largest absolute Gasteiger partial charge is 0.399 e. The van der Waals surface area contributed by atoms with Crippen molar-refractivity contribution in [2.75, 3.05) is 16.0 Å². The molecule has 1 aromatic carbocycles. The van der Waals surface area contributed by atoms with Gasteiger partial charge in [0.05, 0.1) is 5.69 Å². The maximum atomic E-state index is 12.9. The molecule has 2 amide bonds. The molecule has 0 saturated heterocycles. The van der Waals surface area contributed by atoms with Gasteiger partial charge in [-0.05, 0) is 38.0 Å². The average molecular weight is 341 g/mol. The van der Waals surface area contributed by atoms with Gasteiger partial charge in [0, 0.05) is 30.5 Å². The number of aryl methyl sites for hydroxylation is 2. The first kappa shape index (κ1) is 17.0. The lowest BCUT2D eigenvalue weighted by Crippen LogP contribution is -2.45. The summed E-state index contributed by atoms with van der Waals surface area (Å²) in [4.78, 5) is 27.0. The molecule has 1 aromatic heterocycles. The fourth-order valence-corrected chi connectivity index (χ4v) is 3.34. The SMILES string of the molecule is Cc1cc(NC(=O)C(=O)N(c2cccc(N)c2)C2CCCC2)n(C)n1. The van der Waals surface area contributed by atoms with Crippen molar-refractivity contribution in [3.63, 3.8) is 0 Å². The van der Waals surface area contributed by atoms with Crippen LogP contribution in [0.2, 0.25) is 0 Å². The van der Waals surface area contributed by atoms with E-state index in [0.29, 0.717) is 17.2 Å². The van der Waals surface area contributed by atoms with E-state index >= 15 is 0 Å². The van der Waals surface area contributed by atoms with E-state index in [9.17, 15) is 9.59 Å². The summed E-state index contributed by atoms with van der Waals surface area (Å²) in [7, 11) is 1.72. The lowest BCUT2D eigenvalue weighted by Gasteiger charge is -2.28. The molecule has 7 heteroatoms. The molecule has 3 N–H and O–H groups in total. The molecule has 0 spiro atoms. The van der Waals surface area contributed by atoms with E-state index < -0.39 is 11.8 Å². The minimum absolute atomic E-state index is 0.0216. The van der Waals surface area contributed by atoms with E-state index in [-0.39, 0.29) is 6.04 Å². The molecule has 25 heavy (non-hydrogen) atoms. The second-order valence-electron chi connectivity index (χ2n) is 6.46. The first-order chi connectivity index (χ1) is 12.0. The van der Waals surface area contributed by atoms with E-state index in [1.54, 1.807) is 40.9 Å². The van der Waals surface area contributed by atoms with Crippen molar-refractivity contribution in [3.05, 3.63) is 36.0 Å². The van der Waals surface area contributed by atoms with Crippen molar-refractivity contribution in [3.8, 4) is 0 Å². The van der Waals surface area contributed by atoms with Gasteiger partial charge < -0.3 is 16.0 Å². The van der Waals surface area contributed by atoms with Crippen LogP contribution in [0, 0.1) is 6.92 Å². The number of nitrogens with zero attached hydrogens (tertiary/aromatic N) is 3. The van der Waals surface area contributed by atoms with E-state index in [0.717, 1.165) is 31.4 Å². The quantitative estimate of drug-likeness (QED) is 0.661. The molecule has 1 heterocycles. The summed E-state index contributed by atoms with van der Waals surface area (Å²) in [5, 5.41) is 6.83. The molecule has 0 radical (unpaired) electrons. The number of benzene rings is 1. The highest BCUT2D eigenvalue weighted by Crippen LogP contribution is 2.29. The lowest BCUT2D eigenvalue weighted by molar-refractivity contribution is -0.134. The molecule has 1 saturated carbocycles. The molecule has 0 bridgehead atoms. The number of carbonyl (C=O) groups excluding carboxylic acids is 2. The van der Waals surface area contributed by atoms with Crippen LogP contribution in [-0.4, -0.2) is 27.6 Å². The van der Waals surface area contributed by atoms with Crippen LogP contribution in [0.5, 0.6) is 0 Å². The van der Waals surface area contributed by atoms with Gasteiger partial charge in [0.1, 0.15) is 5.82 Å². The Hall–Kier alpha value is -2.83. The molecule has 132 valence electrons. The van der Waals surface area contributed by atoms with Crippen LogP contribution in [0.4, 0.5) is 17.2 Å². The standard InChI is InChI=1S/C18H23N5O2/c1-12-10-16(22(2)21-12)20-17(24)18(25)23(14-7-3-4-8-14)15-9-5-6-13(19)11-15/h5-6,9-11,14H,3-4,7-8,19H2,1-2H3,(H,20,24). The van der Waals surface area contributed by atoms with Crippen molar-refractivity contribution >= 4 is 29.0 Å². The van der Waals surface area contributed by atoms with E-state index in [1.807, 2.05) is 13.0 Å². The Labute approximate surface area is 146 Å². The van der Waals surface area contributed by atoms with E-state index in [4.69, 9.17) is 5.73 Å². The number of nitrogen functional groups attached to an aromatic ring is 1. The Kier molecular flexibility index (Phi) is 4.74. The zero-order valence-corrected chi connectivity index (χ0v) is 14.5. The summed E-state index contributed by atoms with van der Waals surface area (Å²) in [6.07, 6.45) is 3.88. The molecule has 3 rings (SSSR count). The third-order valence-corrected chi connectivity index (χ3v) is 4.49. The summed E-state index contributed by atoms with van der Waals surface area (Å²) < 4.78 is 1.54. The van der Waals surface area contributed by atoms with E-state index in [2.05, 4.69) is 10.4 Å². The number of hydrogen-bond donors (Lipinski definition) is 2.